The second-order valence-corrected chi connectivity index (χ2v) is 3.77. The molecule has 0 amide bonds. The molecule has 0 unspecified atom stereocenters. The fraction of sp³-hybridized carbons (Fsp3) is 0. The van der Waals surface area contributed by atoms with Crippen molar-refractivity contribution in [1.29, 1.82) is 0 Å². The van der Waals surface area contributed by atoms with Gasteiger partial charge in [-0.15, -0.1) is 11.3 Å². The van der Waals surface area contributed by atoms with Crippen molar-refractivity contribution in [2.45, 2.75) is 0 Å². The van der Waals surface area contributed by atoms with Crippen LogP contribution in [0.25, 0.3) is 10.2 Å². The molecule has 2 N–H and O–H groups in total. The van der Waals surface area contributed by atoms with Gasteiger partial charge >= 0.3 is 0 Å². The van der Waals surface area contributed by atoms with Gasteiger partial charge in [-0.2, -0.15) is 0 Å². The summed E-state index contributed by atoms with van der Waals surface area (Å²) in [4.78, 5) is 4.07. The molecule has 0 aliphatic rings. The van der Waals surface area contributed by atoms with Gasteiger partial charge in [0, 0.05) is 0 Å². The van der Waals surface area contributed by atoms with Crippen LogP contribution in [-0.2, 0) is 0 Å². The van der Waals surface area contributed by atoms with E-state index in [1.807, 2.05) is 18.2 Å². The molecule has 0 fully saturated rings. The second-order valence-electron chi connectivity index (χ2n) is 2.16. The summed E-state index contributed by atoms with van der Waals surface area (Å²) in [6.07, 6.45) is 0. The summed E-state index contributed by atoms with van der Waals surface area (Å²) in [5, 5.41) is 0. The minimum atomic E-state index is 0.540. The van der Waals surface area contributed by atoms with Gasteiger partial charge in [-0.25, -0.2) is 4.98 Å². The topological polar surface area (TPSA) is 38.9 Å². The maximum atomic E-state index is 5.71. The Hall–Kier alpha value is -0.800. The van der Waals surface area contributed by atoms with E-state index in [0.29, 0.717) is 10.2 Å². The van der Waals surface area contributed by atoms with Crippen molar-refractivity contribution in [2.24, 2.45) is 0 Å². The lowest BCUT2D eigenvalue weighted by atomic mass is 10.3. The number of nitrogens with zero attached hydrogens (tertiary/aromatic N) is 1. The molecule has 1 aromatic carbocycles. The van der Waals surface area contributed by atoms with Gasteiger partial charge in [-0.05, 0) is 12.1 Å². The molecule has 56 valence electrons. The second kappa shape index (κ2) is 2.36. The van der Waals surface area contributed by atoms with Gasteiger partial charge in [-0.3, -0.25) is 0 Å². The van der Waals surface area contributed by atoms with E-state index in [1.165, 1.54) is 11.3 Å². The molecular weight excluding hydrogens is 180 g/mol. The zero-order valence-electron chi connectivity index (χ0n) is 5.54. The molecule has 0 saturated heterocycles. The number of anilines is 1. The van der Waals surface area contributed by atoms with Gasteiger partial charge in [0.15, 0.2) is 4.47 Å². The first kappa shape index (κ1) is 6.88. The molecule has 0 aliphatic heterocycles. The van der Waals surface area contributed by atoms with Crippen LogP contribution in [-0.4, -0.2) is 4.98 Å². The van der Waals surface area contributed by atoms with E-state index in [2.05, 4.69) is 4.98 Å². The SMILES string of the molecule is Nc1cccc2sc(Cl)nc12. The van der Waals surface area contributed by atoms with Crippen LogP contribution in [0, 0.1) is 0 Å². The molecule has 0 atom stereocenters. The van der Waals surface area contributed by atoms with E-state index in [-0.39, 0.29) is 0 Å². The normalized spacial score (nSPS) is 10.6. The lowest BCUT2D eigenvalue weighted by Crippen LogP contribution is -1.84. The van der Waals surface area contributed by atoms with Crippen molar-refractivity contribution in [3.8, 4) is 0 Å². The Morgan fingerprint density at radius 2 is 2.27 bits per heavy atom. The lowest BCUT2D eigenvalue weighted by Gasteiger charge is -1.90. The van der Waals surface area contributed by atoms with E-state index in [9.17, 15) is 0 Å². The molecule has 2 nitrogen and oxygen atoms in total. The summed E-state index contributed by atoms with van der Waals surface area (Å²) in [6, 6.07) is 5.67. The van der Waals surface area contributed by atoms with E-state index in [0.717, 1.165) is 10.2 Å². The molecule has 2 rings (SSSR count). The van der Waals surface area contributed by atoms with Crippen LogP contribution in [0.1, 0.15) is 0 Å². The van der Waals surface area contributed by atoms with E-state index < -0.39 is 0 Å². The van der Waals surface area contributed by atoms with Crippen LogP contribution in [0.3, 0.4) is 0 Å². The summed E-state index contributed by atoms with van der Waals surface area (Å²) < 4.78 is 1.58. The van der Waals surface area contributed by atoms with Crippen LogP contribution in [0.5, 0.6) is 0 Å². The quantitative estimate of drug-likeness (QED) is 0.639. The van der Waals surface area contributed by atoms with Crippen LogP contribution >= 0.6 is 22.9 Å². The highest BCUT2D eigenvalue weighted by Gasteiger charge is 2.02. The Balaban J connectivity index is 2.90. The van der Waals surface area contributed by atoms with Gasteiger partial charge in [0.1, 0.15) is 5.52 Å². The first-order valence-corrected chi connectivity index (χ1v) is 4.27. The number of hydrogen-bond donors (Lipinski definition) is 1. The number of aromatic nitrogens is 1. The molecule has 11 heavy (non-hydrogen) atoms. The van der Waals surface area contributed by atoms with Crippen LogP contribution in [0.15, 0.2) is 18.2 Å². The number of thiazole rings is 1. The molecule has 0 radical (unpaired) electrons. The number of hydrogen-bond acceptors (Lipinski definition) is 3. The maximum Gasteiger partial charge on any atom is 0.184 e. The molecule has 0 aliphatic carbocycles. The number of para-hydroxylation sites is 1. The van der Waals surface area contributed by atoms with Crippen molar-refractivity contribution in [3.05, 3.63) is 22.7 Å². The minimum absolute atomic E-state index is 0.540. The van der Waals surface area contributed by atoms with Gasteiger partial charge in [0.05, 0.1) is 10.4 Å². The van der Waals surface area contributed by atoms with Crippen LogP contribution in [0.2, 0.25) is 4.47 Å². The highest BCUT2D eigenvalue weighted by molar-refractivity contribution is 7.22. The predicted octanol–water partition coefficient (Wildman–Crippen LogP) is 2.53. The first-order chi connectivity index (χ1) is 5.27. The molecular formula is C7H5ClN2S. The molecule has 0 saturated carbocycles. The van der Waals surface area contributed by atoms with Crippen LogP contribution < -0.4 is 5.73 Å². The molecule has 1 aromatic heterocycles. The van der Waals surface area contributed by atoms with Gasteiger partial charge in [0.25, 0.3) is 0 Å². The zero-order chi connectivity index (χ0) is 7.84. The van der Waals surface area contributed by atoms with E-state index >= 15 is 0 Å². The summed E-state index contributed by atoms with van der Waals surface area (Å²) >= 11 is 7.15. The van der Waals surface area contributed by atoms with Gasteiger partial charge < -0.3 is 5.73 Å². The van der Waals surface area contributed by atoms with Crippen molar-refractivity contribution in [1.82, 2.24) is 4.98 Å². The average Bonchev–Trinajstić information content (AvgIpc) is 2.31. The van der Waals surface area contributed by atoms with Crippen LogP contribution in [0.4, 0.5) is 5.69 Å². The Labute approximate surface area is 72.6 Å². The molecule has 0 spiro atoms. The molecule has 4 heteroatoms. The number of nitrogen functional groups attached to an aromatic ring is 1. The number of fused-ring (bicyclic) bond motifs is 1. The zero-order valence-corrected chi connectivity index (χ0v) is 7.12. The number of halogens is 1. The fourth-order valence-electron chi connectivity index (χ4n) is 0.943. The molecule has 1 heterocycles. The summed E-state index contributed by atoms with van der Waals surface area (Å²) in [5.41, 5.74) is 7.15. The number of rotatable bonds is 0. The third-order valence-electron chi connectivity index (χ3n) is 1.42. The monoisotopic (exact) mass is 184 g/mol. The Bertz CT molecular complexity index is 396. The third-order valence-corrected chi connectivity index (χ3v) is 2.55. The van der Waals surface area contributed by atoms with Crippen molar-refractivity contribution >= 4 is 38.8 Å². The summed E-state index contributed by atoms with van der Waals surface area (Å²) in [5.74, 6) is 0. The Kier molecular flexibility index (Phi) is 1.47. The third kappa shape index (κ3) is 1.06. The number of nitrogens with two attached hydrogens (primary N) is 1. The standard InChI is InChI=1S/C7H5ClN2S/c8-7-10-6-4(9)2-1-3-5(6)11-7/h1-3H,9H2. The van der Waals surface area contributed by atoms with Crippen molar-refractivity contribution in [3.63, 3.8) is 0 Å². The average molecular weight is 185 g/mol. The largest absolute Gasteiger partial charge is 0.397 e. The smallest absolute Gasteiger partial charge is 0.184 e. The lowest BCUT2D eigenvalue weighted by molar-refractivity contribution is 1.50. The van der Waals surface area contributed by atoms with Crippen molar-refractivity contribution in [2.75, 3.05) is 5.73 Å². The van der Waals surface area contributed by atoms with Crippen molar-refractivity contribution < 1.29 is 0 Å². The highest BCUT2D eigenvalue weighted by atomic mass is 35.5. The minimum Gasteiger partial charge on any atom is -0.397 e. The van der Waals surface area contributed by atoms with Gasteiger partial charge in [0.2, 0.25) is 0 Å². The Morgan fingerprint density at radius 1 is 1.45 bits per heavy atom. The molecule has 0 bridgehead atoms. The highest BCUT2D eigenvalue weighted by Crippen LogP contribution is 2.28. The Morgan fingerprint density at radius 3 is 3.00 bits per heavy atom. The first-order valence-electron chi connectivity index (χ1n) is 3.08. The predicted molar refractivity (Wildman–Crippen MR) is 49.0 cm³/mol. The summed E-state index contributed by atoms with van der Waals surface area (Å²) in [7, 11) is 0. The fourth-order valence-corrected chi connectivity index (χ4v) is 2.00. The maximum absolute atomic E-state index is 5.71. The number of benzene rings is 1. The summed E-state index contributed by atoms with van der Waals surface area (Å²) in [6.45, 7) is 0. The molecule has 2 aromatic rings. The van der Waals surface area contributed by atoms with E-state index in [4.69, 9.17) is 17.3 Å². The van der Waals surface area contributed by atoms with Gasteiger partial charge in [-0.1, -0.05) is 17.7 Å². The van der Waals surface area contributed by atoms with E-state index in [1.54, 1.807) is 0 Å².